The number of aliphatic imine (C=N–C) groups is 3. The predicted octanol–water partition coefficient (Wildman–Crippen LogP) is 16.7. The summed E-state index contributed by atoms with van der Waals surface area (Å²) in [6, 6.07) is 42.7. The molecule has 7 aliphatic heterocycles. The Morgan fingerprint density at radius 2 is 1.01 bits per heavy atom. The number of hydrogen-bond acceptors (Lipinski definition) is 27. The molecule has 7 aromatic carbocycles. The molecule has 4 aliphatic carbocycles. The second-order valence-electron chi connectivity index (χ2n) is 33.6. The normalized spacial score (nSPS) is 24.6. The van der Waals surface area contributed by atoms with Crippen molar-refractivity contribution in [3.8, 4) is 46.1 Å². The zero-order valence-corrected chi connectivity index (χ0v) is 91.7. The molecule has 7 heterocycles. The first-order valence-corrected chi connectivity index (χ1v) is 52.8. The Balaban J connectivity index is 0.000000217. The molecule has 0 aromatic heterocycles. The van der Waals surface area contributed by atoms with Gasteiger partial charge in [-0.1, -0.05) is 157 Å². The second kappa shape index (κ2) is 51.6. The Kier molecular flexibility index (Phi) is 43.5. The largest absolute Gasteiger partial charge is 1.00 e. The van der Waals surface area contributed by atoms with Gasteiger partial charge >= 0.3 is 36.7 Å². The van der Waals surface area contributed by atoms with Gasteiger partial charge in [-0.05, 0) is 255 Å². The van der Waals surface area contributed by atoms with Gasteiger partial charge in [-0.2, -0.15) is 10.3 Å². The minimum Gasteiger partial charge on any atom is -1.00 e. The molecule has 0 bridgehead atoms. The topological polar surface area (TPSA) is 358 Å². The molecule has 134 heavy (non-hydrogen) atoms. The molecule has 18 rings (SSSR count). The van der Waals surface area contributed by atoms with Crippen molar-refractivity contribution in [2.45, 2.75) is 200 Å². The van der Waals surface area contributed by atoms with Crippen molar-refractivity contribution in [1.82, 2.24) is 15.6 Å². The minimum atomic E-state index is -1.49. The van der Waals surface area contributed by atoms with Crippen LogP contribution in [0.2, 0.25) is 19.6 Å². The van der Waals surface area contributed by atoms with E-state index in [0.717, 1.165) is 177 Å². The average molecular weight is 2370 g/mol. The standard InChI is InChI=1S/C23H24N4O3.C16H20BrN3O3.C15H15BrN2O2.C14H15BrO3.C8H5BrO2.C7H6BNO2.C6H12I2O.C5H11NSi.CH5NO.ClH.Na.H/c1-25-17-6-4-5-15(13-17)16-7-8-20-19(14-16)23(26-21(24)27(2)30-23)22(29-20)11-9-18(28-3)10-12-22;1-20-14(18)19-16(23-20)12-9-10(17)3-4-13(12)22-15(16)7-5-11(21-2)6-8-15;1-19-11-4-6-15(7-5-11)14(18-9-17)12-8-10(16)2-3-13(12)20-15;1-17-10-4-6-14(7-5-10)13(16)11-8-9(15)2-3-12(11)18-14;9-5-1-2-8-6(3-5)7(10)4-11-8;1-9-7-4-2-3-6(5-7)8(10)11;1-9-6(2-4-7)3-5-8;1-5-6-7(2,3)4;1-2-3;;;/h4-8,13-14,18H,9-12H2,2-3H3,(H2,24,26);3-4,9,11H,5-8H2,1-2H3,(H2,18,19);2-3,8,11H,4-7H2,1H3;2-3,8,10H,4-7H2,1H3;1-3H,4H2;2-5,10-11H;6H,2-5H2,1H3;1H2,2-4H3;2-3H,1H3;1H;;/q;;;;;;;;;;+1;-1. The van der Waals surface area contributed by atoms with Crippen molar-refractivity contribution in [3.05, 3.63) is 215 Å². The Labute approximate surface area is 877 Å². The van der Waals surface area contributed by atoms with E-state index < -0.39 is 49.2 Å². The van der Waals surface area contributed by atoms with Gasteiger partial charge in [0.25, 0.3) is 11.4 Å². The van der Waals surface area contributed by atoms with E-state index >= 15 is 0 Å². The molecule has 2 unspecified atom stereocenters. The number of nitrogens with one attached hydrogen (secondary N) is 1. The van der Waals surface area contributed by atoms with Crippen LogP contribution in [0.15, 0.2) is 184 Å². The van der Waals surface area contributed by atoms with E-state index in [1.165, 1.54) is 44.9 Å². The molecule has 4 saturated carbocycles. The molecular weight excluding hydrogens is 2250 g/mol. The Morgan fingerprint density at radius 3 is 1.43 bits per heavy atom. The number of rotatable bonds is 12. The van der Waals surface area contributed by atoms with E-state index in [1.807, 2.05) is 97.2 Å². The summed E-state index contributed by atoms with van der Waals surface area (Å²) >= 11 is 18.4. The SMILES string of the molecule is C=C=N[Si](C)(C)C.CNO.COC(CCI)CCI.COC1CCC2(CC1)Oc1ccc(Br)cc1C21N=C(N)N(C)O1.COC1CCC2(CC1)Oc1ccc(Br)cc1C2=NC#N.COC1CCC2(CC1)Oc1ccc(Br)cc1C2=O.Cl.O=C1COc2ccc(Br)cc21.[C-]#[N+]c1cccc(-c2ccc3c(c2)C2(N=C(N)N(C)O2)C2(CCC(OC)CC2)O3)c1.[C-]#[N+]c1cccc(B(O)O)c1.[H-].[Na+]. The van der Waals surface area contributed by atoms with Crippen molar-refractivity contribution in [3.63, 3.8) is 0 Å². The summed E-state index contributed by atoms with van der Waals surface area (Å²) in [4.78, 5) is 56.4. The number of methoxy groups -OCH3 is 5. The van der Waals surface area contributed by atoms with E-state index in [4.69, 9.17) is 112 Å². The average Bonchev–Trinajstić information content (AvgIpc) is 1.54. The Hall–Kier alpha value is -6.48. The zero-order valence-electron chi connectivity index (χ0n) is 78.2. The van der Waals surface area contributed by atoms with Gasteiger partial charge in [-0.25, -0.2) is 45.0 Å². The van der Waals surface area contributed by atoms with Crippen LogP contribution >= 0.6 is 121 Å². The van der Waals surface area contributed by atoms with Gasteiger partial charge in [0.1, 0.15) is 34.5 Å². The maximum absolute atomic E-state index is 12.5. The summed E-state index contributed by atoms with van der Waals surface area (Å²) in [5, 5.41) is 36.8. The zero-order chi connectivity index (χ0) is 95.9. The fraction of sp³-hybridized carbons (Fsp3) is 0.453. The molecule has 8 N–H and O–H groups in total. The summed E-state index contributed by atoms with van der Waals surface area (Å²) in [5.74, 6) is 7.25. The van der Waals surface area contributed by atoms with Crippen LogP contribution in [0.4, 0.5) is 11.4 Å². The maximum Gasteiger partial charge on any atom is 1.00 e. The number of alkyl halides is 2. The number of ether oxygens (including phenoxy) is 10. The number of guanidine groups is 2. The third kappa shape index (κ3) is 27.0. The number of carbonyl (C=O) groups is 2. The van der Waals surface area contributed by atoms with Crippen LogP contribution < -0.4 is 75.7 Å². The number of halogens is 7. The molecule has 6 spiro atoms. The van der Waals surface area contributed by atoms with Crippen LogP contribution in [0.1, 0.15) is 154 Å². The van der Waals surface area contributed by atoms with Gasteiger partial charge in [-0.3, -0.25) is 14.2 Å². The Bertz CT molecular complexity index is 5470. The van der Waals surface area contributed by atoms with Gasteiger partial charge in [-0.15, -0.1) is 12.4 Å². The van der Waals surface area contributed by atoms with E-state index in [0.29, 0.717) is 51.7 Å². The number of nitriles is 1. The number of hydrogen-bond donors (Lipinski definition) is 6. The monoisotopic (exact) mass is 2360 g/mol. The van der Waals surface area contributed by atoms with Crippen molar-refractivity contribution >= 4 is 189 Å². The number of nitrogens with two attached hydrogens (primary N) is 2. The van der Waals surface area contributed by atoms with Crippen molar-refractivity contribution in [2.75, 3.05) is 72.2 Å². The van der Waals surface area contributed by atoms with Crippen LogP contribution in [0, 0.1) is 24.6 Å². The molecule has 29 nitrogen and oxygen atoms in total. The van der Waals surface area contributed by atoms with Crippen LogP contribution in [-0.2, 0) is 44.8 Å². The number of benzene rings is 7. The first kappa shape index (κ1) is 113. The van der Waals surface area contributed by atoms with E-state index in [1.54, 1.807) is 91.5 Å². The number of fused-ring (bicyclic) bond motifs is 9. The number of ketones is 2. The van der Waals surface area contributed by atoms with Gasteiger partial charge in [0.15, 0.2) is 48.6 Å². The van der Waals surface area contributed by atoms with Gasteiger partial charge in [0.2, 0.25) is 29.7 Å². The maximum atomic E-state index is 12.5. The van der Waals surface area contributed by atoms with Crippen molar-refractivity contribution < 1.29 is 113 Å². The van der Waals surface area contributed by atoms with E-state index in [9.17, 15) is 9.59 Å². The molecule has 11 aliphatic rings. The fourth-order valence-corrected chi connectivity index (χ4v) is 20.8. The second-order valence-corrected chi connectivity index (χ2v) is 44.0. The summed E-state index contributed by atoms with van der Waals surface area (Å²) in [5.41, 5.74) is 18.0. The van der Waals surface area contributed by atoms with Gasteiger partial charge in [0.05, 0.1) is 65.9 Å². The number of nitrogens with zero attached hydrogens (tertiary/aromatic N) is 9. The molecule has 2 atom stereocenters. The summed E-state index contributed by atoms with van der Waals surface area (Å²) in [6.45, 7) is 24.0. The fourth-order valence-electron chi connectivity index (χ4n) is 17.5. The molecule has 39 heteroatoms. The van der Waals surface area contributed by atoms with E-state index in [-0.39, 0.29) is 86.0 Å². The summed E-state index contributed by atoms with van der Waals surface area (Å²) in [7, 11) is 11.1. The van der Waals surface area contributed by atoms with Crippen LogP contribution in [-0.4, -0.2) is 201 Å². The van der Waals surface area contributed by atoms with Crippen LogP contribution in [0.25, 0.3) is 20.8 Å². The van der Waals surface area contributed by atoms with Gasteiger partial charge < -0.3 is 75.5 Å². The quantitative estimate of drug-likeness (QED) is 0.0126. The molecule has 0 radical (unpaired) electrons. The minimum absolute atomic E-state index is 0. The predicted molar refractivity (Wildman–Crippen MR) is 552 cm³/mol. The summed E-state index contributed by atoms with van der Waals surface area (Å²) < 4.78 is 67.5. The first-order chi connectivity index (χ1) is 63.1. The molecule has 4 fully saturated rings. The molecule has 0 saturated heterocycles. The molecular formula is C95H115BBr4ClI2N12NaO17Si. The van der Waals surface area contributed by atoms with E-state index in [2.05, 4.69) is 166 Å². The third-order valence-corrected chi connectivity index (χ3v) is 28.4. The molecule has 7 aromatic rings. The third-order valence-electron chi connectivity index (χ3n) is 24.3. The molecule has 714 valence electrons. The van der Waals surface area contributed by atoms with Crippen LogP contribution in [0.3, 0.4) is 0 Å². The van der Waals surface area contributed by atoms with Crippen molar-refractivity contribution in [1.29, 1.82) is 5.26 Å². The number of Topliss-reactive ketones (excluding diaryl/α,β-unsaturated/α-hetero) is 2. The van der Waals surface area contributed by atoms with Gasteiger partial charge in [0, 0.05) is 89.0 Å². The van der Waals surface area contributed by atoms with Crippen LogP contribution in [0.5, 0.6) is 28.7 Å². The Morgan fingerprint density at radius 1 is 0.604 bits per heavy atom. The number of carbonyl (C=O) groups excluding carboxylic acids is 2. The van der Waals surface area contributed by atoms with Crippen molar-refractivity contribution in [2.24, 2.45) is 31.1 Å². The number of hydroxylamine groups is 5. The summed E-state index contributed by atoms with van der Waals surface area (Å²) in [6.07, 6.45) is 19.3. The molecule has 0 amide bonds. The smallest absolute Gasteiger partial charge is 1.00 e. The first-order valence-electron chi connectivity index (χ1n) is 43.1.